The highest BCUT2D eigenvalue weighted by Crippen LogP contribution is 2.17. The first kappa shape index (κ1) is 15.0. The molecule has 1 fully saturated rings. The monoisotopic (exact) mass is 322 g/mol. The zero-order valence-corrected chi connectivity index (χ0v) is 13.1. The van der Waals surface area contributed by atoms with Crippen LogP contribution < -0.4 is 5.43 Å². The highest BCUT2D eigenvalue weighted by atomic mass is 32.1. The molecule has 0 unspecified atom stereocenters. The smallest absolute Gasteiger partial charge is 0.310 e. The van der Waals surface area contributed by atoms with Crippen LogP contribution in [0.25, 0.3) is 4.96 Å². The second-order valence-corrected chi connectivity index (χ2v) is 6.07. The first-order valence-corrected chi connectivity index (χ1v) is 8.20. The molecule has 0 spiro atoms. The van der Waals surface area contributed by atoms with E-state index in [0.29, 0.717) is 18.8 Å². The predicted molar refractivity (Wildman–Crippen MR) is 81.5 cm³/mol. The van der Waals surface area contributed by atoms with Crippen molar-refractivity contribution >= 4 is 28.2 Å². The minimum Gasteiger partial charge on any atom is -0.466 e. The van der Waals surface area contributed by atoms with Gasteiger partial charge in [-0.25, -0.2) is 9.99 Å². The fourth-order valence-corrected chi connectivity index (χ4v) is 3.27. The average Bonchev–Trinajstić information content (AvgIpc) is 3.09. The number of hydrogen-bond acceptors (Lipinski definition) is 6. The number of imidazole rings is 1. The number of fused-ring (bicyclic) bond motifs is 1. The van der Waals surface area contributed by atoms with E-state index < -0.39 is 0 Å². The number of piperidine rings is 1. The van der Waals surface area contributed by atoms with Gasteiger partial charge in [0.05, 0.1) is 12.5 Å². The number of ether oxygens (including phenoxy) is 1. The molecule has 1 N–H and O–H groups in total. The summed E-state index contributed by atoms with van der Waals surface area (Å²) < 4.78 is 6.87. The molecular formula is C14H18N4O3S. The first-order chi connectivity index (χ1) is 10.7. The Morgan fingerprint density at radius 2 is 2.41 bits per heavy atom. The van der Waals surface area contributed by atoms with Crippen LogP contribution in [0.3, 0.4) is 0 Å². The molecule has 22 heavy (non-hydrogen) atoms. The number of nitrogens with one attached hydrogen (secondary N) is 1. The van der Waals surface area contributed by atoms with E-state index in [0.717, 1.165) is 24.3 Å². The number of hydrogen-bond donors (Lipinski definition) is 1. The Hall–Kier alpha value is -1.93. The van der Waals surface area contributed by atoms with E-state index in [-0.39, 0.29) is 17.8 Å². The molecule has 118 valence electrons. The Kier molecular flexibility index (Phi) is 4.39. The van der Waals surface area contributed by atoms with Crippen LogP contribution in [-0.2, 0) is 9.53 Å². The summed E-state index contributed by atoms with van der Waals surface area (Å²) in [6.07, 6.45) is 5.21. The molecule has 1 atom stereocenters. The van der Waals surface area contributed by atoms with Crippen LogP contribution in [-0.4, -0.2) is 46.0 Å². The van der Waals surface area contributed by atoms with Gasteiger partial charge >= 0.3 is 5.97 Å². The lowest BCUT2D eigenvalue weighted by Gasteiger charge is -2.31. The van der Waals surface area contributed by atoms with Gasteiger partial charge in [-0.05, 0) is 19.8 Å². The van der Waals surface area contributed by atoms with Crippen molar-refractivity contribution in [3.63, 3.8) is 0 Å². The molecule has 8 heteroatoms. The van der Waals surface area contributed by atoms with Crippen LogP contribution in [0.4, 0.5) is 0 Å². The van der Waals surface area contributed by atoms with Crippen LogP contribution in [0.2, 0.25) is 0 Å². The molecule has 1 amide bonds. The molecule has 0 aliphatic carbocycles. The molecule has 7 nitrogen and oxygen atoms in total. The van der Waals surface area contributed by atoms with E-state index in [4.69, 9.17) is 4.74 Å². The van der Waals surface area contributed by atoms with E-state index in [1.54, 1.807) is 18.1 Å². The predicted octanol–water partition coefficient (Wildman–Crippen LogP) is 1.32. The summed E-state index contributed by atoms with van der Waals surface area (Å²) in [5, 5.41) is 3.69. The van der Waals surface area contributed by atoms with Gasteiger partial charge in [0.25, 0.3) is 5.91 Å². The van der Waals surface area contributed by atoms with E-state index >= 15 is 0 Å². The maximum atomic E-state index is 12.2. The summed E-state index contributed by atoms with van der Waals surface area (Å²) in [6, 6.07) is 0. The van der Waals surface area contributed by atoms with Gasteiger partial charge in [-0.1, -0.05) is 0 Å². The van der Waals surface area contributed by atoms with E-state index in [1.807, 2.05) is 16.0 Å². The van der Waals surface area contributed by atoms with Gasteiger partial charge < -0.3 is 4.74 Å². The first-order valence-electron chi connectivity index (χ1n) is 7.32. The van der Waals surface area contributed by atoms with E-state index in [2.05, 4.69) is 10.4 Å². The third kappa shape index (κ3) is 3.12. The standard InChI is InChI=1S/C14H18N4O3S/c1-2-21-13(20)10-4-3-5-18(8-10)16-12(19)11-9-17-6-7-22-14(17)15-11/h6-7,9-10H,2-5,8H2,1H3,(H,16,19)/t10-/m0/s1. The molecule has 1 saturated heterocycles. The van der Waals surface area contributed by atoms with Gasteiger partial charge in [0.2, 0.25) is 0 Å². The zero-order chi connectivity index (χ0) is 15.5. The SMILES string of the molecule is CCOC(=O)[C@H]1CCCN(NC(=O)c2cn3ccsc3n2)C1. The Morgan fingerprint density at radius 3 is 3.18 bits per heavy atom. The van der Waals surface area contributed by atoms with Crippen LogP contribution in [0.5, 0.6) is 0 Å². The molecule has 2 aromatic heterocycles. The second kappa shape index (κ2) is 6.45. The fourth-order valence-electron chi connectivity index (χ4n) is 2.57. The van der Waals surface area contributed by atoms with Gasteiger partial charge in [-0.2, -0.15) is 0 Å². The normalized spacial score (nSPS) is 19.2. The lowest BCUT2D eigenvalue weighted by Crippen LogP contribution is -2.49. The number of aromatic nitrogens is 2. The maximum Gasteiger partial charge on any atom is 0.310 e. The third-order valence-electron chi connectivity index (χ3n) is 3.63. The topological polar surface area (TPSA) is 75.9 Å². The summed E-state index contributed by atoms with van der Waals surface area (Å²) in [5.74, 6) is -0.621. The van der Waals surface area contributed by atoms with Crippen LogP contribution in [0, 0.1) is 5.92 Å². The number of esters is 1. The summed E-state index contributed by atoms with van der Waals surface area (Å²) in [7, 11) is 0. The van der Waals surface area contributed by atoms with Crippen LogP contribution in [0.15, 0.2) is 17.8 Å². The van der Waals surface area contributed by atoms with Gasteiger partial charge in [-0.15, -0.1) is 11.3 Å². The maximum absolute atomic E-state index is 12.2. The Bertz CT molecular complexity index is 652. The highest BCUT2D eigenvalue weighted by Gasteiger charge is 2.28. The number of hydrazine groups is 1. The van der Waals surface area contributed by atoms with Crippen molar-refractivity contribution in [1.29, 1.82) is 0 Å². The zero-order valence-electron chi connectivity index (χ0n) is 12.3. The molecule has 1 aliphatic rings. The molecule has 0 radical (unpaired) electrons. The van der Waals surface area contributed by atoms with E-state index in [9.17, 15) is 9.59 Å². The molecule has 3 heterocycles. The summed E-state index contributed by atoms with van der Waals surface area (Å²) >= 11 is 1.48. The molecule has 3 rings (SSSR count). The number of carbonyl (C=O) groups excluding carboxylic acids is 2. The summed E-state index contributed by atoms with van der Waals surface area (Å²) in [5.41, 5.74) is 3.21. The van der Waals surface area contributed by atoms with Gasteiger partial charge in [0.15, 0.2) is 4.96 Å². The number of nitrogens with zero attached hydrogens (tertiary/aromatic N) is 3. The molecule has 2 aromatic rings. The molecule has 0 aromatic carbocycles. The summed E-state index contributed by atoms with van der Waals surface area (Å²) in [4.78, 5) is 29.1. The molecule has 0 saturated carbocycles. The Labute approximate surface area is 131 Å². The minimum atomic E-state index is -0.250. The lowest BCUT2D eigenvalue weighted by molar-refractivity contribution is -0.150. The van der Waals surface area contributed by atoms with Crippen molar-refractivity contribution in [2.24, 2.45) is 5.92 Å². The van der Waals surface area contributed by atoms with Crippen LogP contribution >= 0.6 is 11.3 Å². The third-order valence-corrected chi connectivity index (χ3v) is 4.40. The van der Waals surface area contributed by atoms with Crippen molar-refractivity contribution in [2.75, 3.05) is 19.7 Å². The second-order valence-electron chi connectivity index (χ2n) is 5.20. The Morgan fingerprint density at radius 1 is 1.55 bits per heavy atom. The van der Waals surface area contributed by atoms with Gasteiger partial charge in [0.1, 0.15) is 5.69 Å². The van der Waals surface area contributed by atoms with Crippen molar-refractivity contribution < 1.29 is 14.3 Å². The Balaban J connectivity index is 1.61. The average molecular weight is 322 g/mol. The largest absolute Gasteiger partial charge is 0.466 e. The molecule has 1 aliphatic heterocycles. The van der Waals surface area contributed by atoms with Gasteiger partial charge in [0, 0.05) is 30.9 Å². The summed E-state index contributed by atoms with van der Waals surface area (Å²) in [6.45, 7) is 3.38. The van der Waals surface area contributed by atoms with Crippen molar-refractivity contribution in [3.05, 3.63) is 23.5 Å². The van der Waals surface area contributed by atoms with Crippen molar-refractivity contribution in [2.45, 2.75) is 19.8 Å². The number of amides is 1. The van der Waals surface area contributed by atoms with Gasteiger partial charge in [-0.3, -0.25) is 19.4 Å². The fraction of sp³-hybridized carbons (Fsp3) is 0.500. The van der Waals surface area contributed by atoms with E-state index in [1.165, 1.54) is 11.3 Å². The number of thiazole rings is 1. The molecule has 0 bridgehead atoms. The quantitative estimate of drug-likeness (QED) is 0.859. The van der Waals surface area contributed by atoms with Crippen molar-refractivity contribution in [3.8, 4) is 0 Å². The lowest BCUT2D eigenvalue weighted by atomic mass is 9.99. The highest BCUT2D eigenvalue weighted by molar-refractivity contribution is 7.15. The minimum absolute atomic E-state index is 0.181. The molecular weight excluding hydrogens is 304 g/mol. The van der Waals surface area contributed by atoms with Crippen molar-refractivity contribution in [1.82, 2.24) is 19.8 Å². The number of rotatable bonds is 4. The van der Waals surface area contributed by atoms with Crippen LogP contribution in [0.1, 0.15) is 30.3 Å². The number of carbonyl (C=O) groups is 2.